The lowest BCUT2D eigenvalue weighted by Gasteiger charge is -2.38. The van der Waals surface area contributed by atoms with E-state index in [0.717, 1.165) is 12.0 Å². The monoisotopic (exact) mass is 517 g/mol. The quantitative estimate of drug-likeness (QED) is 0.195. The highest BCUT2D eigenvalue weighted by molar-refractivity contribution is 6.27. The summed E-state index contributed by atoms with van der Waals surface area (Å²) in [5.41, 5.74) is -2.12. The number of nitro groups is 1. The van der Waals surface area contributed by atoms with E-state index in [1.54, 1.807) is 30.3 Å². The van der Waals surface area contributed by atoms with Crippen molar-refractivity contribution in [2.45, 2.75) is 5.66 Å². The number of hydrogen-bond acceptors (Lipinski definition) is 9. The van der Waals surface area contributed by atoms with Gasteiger partial charge in [0.2, 0.25) is 0 Å². The van der Waals surface area contributed by atoms with Crippen LogP contribution < -0.4 is 15.0 Å². The van der Waals surface area contributed by atoms with Gasteiger partial charge in [-0.3, -0.25) is 24.6 Å². The van der Waals surface area contributed by atoms with Crippen molar-refractivity contribution in [3.8, 4) is 5.75 Å². The van der Waals surface area contributed by atoms with Crippen molar-refractivity contribution in [2.75, 3.05) is 31.5 Å². The van der Waals surface area contributed by atoms with Crippen LogP contribution in [-0.2, 0) is 19.1 Å². The van der Waals surface area contributed by atoms with E-state index < -0.39 is 28.2 Å². The first-order valence-corrected chi connectivity index (χ1v) is 11.3. The first-order valence-electron chi connectivity index (χ1n) is 11.3. The maximum atomic E-state index is 13.9. The van der Waals surface area contributed by atoms with Crippen LogP contribution in [0, 0.1) is 10.1 Å². The fourth-order valence-corrected chi connectivity index (χ4v) is 4.26. The minimum Gasteiger partial charge on any atom is -0.497 e. The van der Waals surface area contributed by atoms with Gasteiger partial charge in [0, 0.05) is 29.1 Å². The topological polar surface area (TPSA) is 137 Å². The molecule has 1 aliphatic heterocycles. The molecular weight excluding hydrogens is 494 g/mol. The molecule has 1 atom stereocenters. The predicted octanol–water partition coefficient (Wildman–Crippen LogP) is 3.71. The van der Waals surface area contributed by atoms with Gasteiger partial charge in [0.15, 0.2) is 11.5 Å². The Balaban J connectivity index is 2.00. The summed E-state index contributed by atoms with van der Waals surface area (Å²) in [5.74, 6) is -2.31. The van der Waals surface area contributed by atoms with E-state index in [4.69, 9.17) is 14.2 Å². The molecule has 11 heteroatoms. The summed E-state index contributed by atoms with van der Waals surface area (Å²) < 4.78 is 15.8. The van der Waals surface area contributed by atoms with E-state index in [9.17, 15) is 24.5 Å². The number of amides is 1. The third-order valence-electron chi connectivity index (χ3n) is 6.00. The maximum absolute atomic E-state index is 13.9. The summed E-state index contributed by atoms with van der Waals surface area (Å²) in [5, 5.41) is 14.1. The van der Waals surface area contributed by atoms with E-state index >= 15 is 0 Å². The highest BCUT2D eigenvalue weighted by Crippen LogP contribution is 2.43. The van der Waals surface area contributed by atoms with Gasteiger partial charge in [0.1, 0.15) is 11.3 Å². The van der Waals surface area contributed by atoms with E-state index in [-0.39, 0.29) is 34.0 Å². The van der Waals surface area contributed by atoms with Crippen LogP contribution in [0.3, 0.4) is 0 Å². The number of carbonyl (C=O) groups is 3. The van der Waals surface area contributed by atoms with Crippen LogP contribution in [0.2, 0.25) is 0 Å². The molecule has 0 aliphatic carbocycles. The number of benzene rings is 3. The molecule has 0 radical (unpaired) electrons. The first kappa shape index (κ1) is 25.9. The SMILES string of the molecule is COC(=O)[C@]1(Nc2ccc([N+](=O)[O-])cc2)C(C(=O)c2ccccc2)=C(OC)C(=O)N1c1ccc(OC)cc1. The van der Waals surface area contributed by atoms with E-state index in [1.807, 2.05) is 0 Å². The Morgan fingerprint density at radius 3 is 2.05 bits per heavy atom. The average molecular weight is 517 g/mol. The second kappa shape index (κ2) is 10.4. The third-order valence-corrected chi connectivity index (χ3v) is 6.00. The lowest BCUT2D eigenvalue weighted by molar-refractivity contribution is -0.384. The molecular formula is C27H23N3O8. The first-order chi connectivity index (χ1) is 18.3. The molecule has 1 amide bonds. The number of carbonyl (C=O) groups excluding carboxylic acids is 3. The molecule has 3 aromatic rings. The number of nitrogens with one attached hydrogen (secondary N) is 1. The number of anilines is 2. The lowest BCUT2D eigenvalue weighted by atomic mass is 9.91. The molecule has 1 N–H and O–H groups in total. The highest BCUT2D eigenvalue weighted by Gasteiger charge is 2.62. The smallest absolute Gasteiger partial charge is 0.358 e. The Morgan fingerprint density at radius 1 is 0.895 bits per heavy atom. The Labute approximate surface area is 217 Å². The highest BCUT2D eigenvalue weighted by atomic mass is 16.6. The van der Waals surface area contributed by atoms with Crippen LogP contribution in [-0.4, -0.2) is 49.6 Å². The van der Waals surface area contributed by atoms with Crippen LogP contribution in [0.5, 0.6) is 5.75 Å². The summed E-state index contributed by atoms with van der Waals surface area (Å²) in [4.78, 5) is 53.1. The van der Waals surface area contributed by atoms with Crippen LogP contribution >= 0.6 is 0 Å². The molecule has 0 spiro atoms. The van der Waals surface area contributed by atoms with Gasteiger partial charge in [-0.25, -0.2) is 4.79 Å². The number of hydrogen-bond donors (Lipinski definition) is 1. The van der Waals surface area contributed by atoms with Crippen molar-refractivity contribution in [1.29, 1.82) is 0 Å². The normalized spacial score (nSPS) is 16.7. The second-order valence-electron chi connectivity index (χ2n) is 8.07. The maximum Gasteiger partial charge on any atom is 0.358 e. The van der Waals surface area contributed by atoms with Gasteiger partial charge in [-0.2, -0.15) is 0 Å². The molecule has 1 heterocycles. The number of rotatable bonds is 9. The number of ketones is 1. The van der Waals surface area contributed by atoms with Gasteiger partial charge in [0.05, 0.1) is 26.3 Å². The van der Waals surface area contributed by atoms with Crippen molar-refractivity contribution >= 4 is 34.7 Å². The summed E-state index contributed by atoms with van der Waals surface area (Å²) in [6.45, 7) is 0. The largest absolute Gasteiger partial charge is 0.497 e. The van der Waals surface area contributed by atoms with Crippen LogP contribution in [0.25, 0.3) is 0 Å². The Bertz CT molecular complexity index is 1420. The third kappa shape index (κ3) is 4.30. The Kier molecular flexibility index (Phi) is 7.10. The van der Waals surface area contributed by atoms with Gasteiger partial charge in [0.25, 0.3) is 17.3 Å². The zero-order chi connectivity index (χ0) is 27.4. The zero-order valence-corrected chi connectivity index (χ0v) is 20.7. The molecule has 0 bridgehead atoms. The summed E-state index contributed by atoms with van der Waals surface area (Å²) in [6.07, 6.45) is 0. The molecule has 11 nitrogen and oxygen atoms in total. The summed E-state index contributed by atoms with van der Waals surface area (Å²) in [6, 6.07) is 19.5. The van der Waals surface area contributed by atoms with Crippen molar-refractivity contribution in [2.24, 2.45) is 0 Å². The molecule has 38 heavy (non-hydrogen) atoms. The van der Waals surface area contributed by atoms with Gasteiger partial charge in [-0.1, -0.05) is 30.3 Å². The molecule has 0 saturated heterocycles. The molecule has 194 valence electrons. The standard InChI is InChI=1S/C27H23N3O8/c1-36-21-15-13-19(14-16-21)29-25(32)24(37-2)22(23(31)17-7-5-4-6-8-17)27(29,26(33)38-3)28-18-9-11-20(12-10-18)30(34)35/h4-16,28H,1-3H3/t27-/m0/s1. The zero-order valence-electron chi connectivity index (χ0n) is 20.7. The van der Waals surface area contributed by atoms with E-state index in [1.165, 1.54) is 62.8 Å². The molecule has 4 rings (SSSR count). The van der Waals surface area contributed by atoms with Gasteiger partial charge < -0.3 is 19.5 Å². The summed E-state index contributed by atoms with van der Waals surface area (Å²) >= 11 is 0. The summed E-state index contributed by atoms with van der Waals surface area (Å²) in [7, 11) is 3.82. The van der Waals surface area contributed by atoms with Crippen molar-refractivity contribution in [1.82, 2.24) is 0 Å². The number of Topliss-reactive ketones (excluding diaryl/α,β-unsaturated/α-hetero) is 1. The van der Waals surface area contributed by atoms with Crippen LogP contribution in [0.4, 0.5) is 17.1 Å². The van der Waals surface area contributed by atoms with E-state index in [0.29, 0.717) is 5.75 Å². The molecule has 0 saturated carbocycles. The minimum absolute atomic E-state index is 0.189. The van der Waals surface area contributed by atoms with Crippen molar-refractivity contribution in [3.63, 3.8) is 0 Å². The minimum atomic E-state index is -2.24. The fraction of sp³-hybridized carbons (Fsp3) is 0.148. The van der Waals surface area contributed by atoms with Gasteiger partial charge >= 0.3 is 5.97 Å². The number of ether oxygens (including phenoxy) is 3. The average Bonchev–Trinajstić information content (AvgIpc) is 3.20. The van der Waals surface area contributed by atoms with Crippen molar-refractivity contribution < 1.29 is 33.5 Å². The lowest BCUT2D eigenvalue weighted by Crippen LogP contribution is -2.61. The number of methoxy groups -OCH3 is 3. The predicted molar refractivity (Wildman–Crippen MR) is 137 cm³/mol. The fourth-order valence-electron chi connectivity index (χ4n) is 4.26. The van der Waals surface area contributed by atoms with Crippen LogP contribution in [0.1, 0.15) is 10.4 Å². The number of non-ortho nitro benzene ring substituents is 1. The Morgan fingerprint density at radius 2 is 1.53 bits per heavy atom. The molecule has 0 aromatic heterocycles. The number of nitrogens with zero attached hydrogens (tertiary/aromatic N) is 2. The van der Waals surface area contributed by atoms with Gasteiger partial charge in [-0.15, -0.1) is 0 Å². The Hall–Kier alpha value is -5.19. The molecule has 3 aromatic carbocycles. The molecule has 0 fully saturated rings. The van der Waals surface area contributed by atoms with Crippen molar-refractivity contribution in [3.05, 3.63) is 106 Å². The second-order valence-corrected chi connectivity index (χ2v) is 8.07. The number of esters is 1. The number of nitro benzene ring substituents is 1. The van der Waals surface area contributed by atoms with E-state index in [2.05, 4.69) is 5.32 Å². The van der Waals surface area contributed by atoms with Crippen LogP contribution in [0.15, 0.2) is 90.2 Å². The van der Waals surface area contributed by atoms with Gasteiger partial charge in [-0.05, 0) is 36.4 Å². The molecule has 1 aliphatic rings. The molecule has 0 unspecified atom stereocenters.